The Hall–Kier alpha value is -3.39. The van der Waals surface area contributed by atoms with E-state index in [1.165, 1.54) is 12.1 Å². The fraction of sp³-hybridized carbons (Fsp3) is 0.804. The molecule has 432 valence electrons. The van der Waals surface area contributed by atoms with E-state index in [-0.39, 0.29) is 59.5 Å². The number of carbonyl (C=O) groups is 3. The lowest BCUT2D eigenvalue weighted by atomic mass is 9.33. The summed E-state index contributed by atoms with van der Waals surface area (Å²) < 4.78 is 42.1. The fourth-order valence-electron chi connectivity index (χ4n) is 16.1. The van der Waals surface area contributed by atoms with Crippen molar-refractivity contribution in [3.63, 3.8) is 0 Å². The summed E-state index contributed by atoms with van der Waals surface area (Å²) in [4.78, 5) is 41.3. The van der Waals surface area contributed by atoms with Crippen LogP contribution in [0.1, 0.15) is 118 Å². The van der Waals surface area contributed by atoms with E-state index >= 15 is 4.79 Å². The summed E-state index contributed by atoms with van der Waals surface area (Å²) in [6, 6.07) is 6.20. The van der Waals surface area contributed by atoms with Gasteiger partial charge in [-0.15, -0.1) is 0 Å². The fourth-order valence-corrected chi connectivity index (χ4v) is 16.1. The van der Waals surface area contributed by atoms with Crippen molar-refractivity contribution in [2.24, 2.45) is 50.2 Å². The number of benzene rings is 1. The molecule has 3 aliphatic heterocycles. The van der Waals surface area contributed by atoms with Gasteiger partial charge in [0, 0.05) is 6.42 Å². The van der Waals surface area contributed by atoms with Crippen LogP contribution in [0.4, 0.5) is 0 Å². The third-order valence-electron chi connectivity index (χ3n) is 20.7. The van der Waals surface area contributed by atoms with Crippen molar-refractivity contribution in [2.75, 3.05) is 13.2 Å². The lowest BCUT2D eigenvalue weighted by Gasteiger charge is -2.71. The van der Waals surface area contributed by atoms with Crippen molar-refractivity contribution in [3.8, 4) is 5.75 Å². The van der Waals surface area contributed by atoms with Gasteiger partial charge in [-0.05, 0) is 127 Å². The number of aliphatic carboxylic acids is 1. The normalized spacial score (nSPS) is 47.2. The highest BCUT2D eigenvalue weighted by molar-refractivity contribution is 5.80. The van der Waals surface area contributed by atoms with E-state index in [0.29, 0.717) is 37.7 Å². The van der Waals surface area contributed by atoms with E-state index in [1.807, 2.05) is 0 Å². The molecule has 23 atom stereocenters. The van der Waals surface area contributed by atoms with Crippen LogP contribution in [0.5, 0.6) is 5.75 Å². The number of fused-ring (bicyclic) bond motifs is 7. The van der Waals surface area contributed by atoms with Crippen LogP contribution in [-0.2, 0) is 54.0 Å². The van der Waals surface area contributed by atoms with Gasteiger partial charge >= 0.3 is 17.9 Å². The van der Waals surface area contributed by atoms with Gasteiger partial charge in [-0.25, -0.2) is 4.79 Å². The molecule has 0 aromatic heterocycles. The first-order valence-corrected chi connectivity index (χ1v) is 27.5. The second kappa shape index (κ2) is 21.2. The lowest BCUT2D eigenvalue weighted by Crippen LogP contribution is -2.68. The number of carbonyl (C=O) groups excluding carboxylic acids is 2. The third-order valence-corrected chi connectivity index (χ3v) is 20.7. The zero-order valence-corrected chi connectivity index (χ0v) is 45.1. The minimum atomic E-state index is -1.90. The molecule has 8 aliphatic rings. The van der Waals surface area contributed by atoms with Crippen molar-refractivity contribution in [2.45, 2.75) is 217 Å². The van der Waals surface area contributed by atoms with Crippen LogP contribution in [0.15, 0.2) is 35.9 Å². The average molecular weight is 1090 g/mol. The Morgan fingerprint density at radius 3 is 2.03 bits per heavy atom. The SMILES string of the molecule is CC1(C)CC[C@]2(C(=O)O[C@@H]3OC[C@H](O)[C@H](O[C@H]4O[C@@H](CO)[C@@H](O)[C@@H](O)[C@H]4O)[C@H]3OC(=O)CCc3ccc(O)cc3)[C@H](C1)C1=CC[C@H]3[C@@]4(C)CC[C@H](O[C@H]5O[C@@H](C(=O)O)[C@H](O)[C@@H](O)[C@@H]5O)C(C)(C)[C@@H]4CC[C@]3(C)[C@@]1(C)C[C@@H]2O. The summed E-state index contributed by atoms with van der Waals surface area (Å²) in [7, 11) is 0. The number of carboxylic acids is 1. The number of ether oxygens (including phenoxy) is 7. The molecule has 0 bridgehead atoms. The number of carboxylic acid groups (broad SMARTS) is 1. The topological polar surface area (TPSA) is 338 Å². The summed E-state index contributed by atoms with van der Waals surface area (Å²) >= 11 is 0. The molecule has 0 radical (unpaired) electrons. The average Bonchev–Trinajstić information content (AvgIpc) is 3.43. The van der Waals surface area contributed by atoms with E-state index in [1.54, 1.807) is 12.1 Å². The predicted octanol–water partition coefficient (Wildman–Crippen LogP) is 1.73. The largest absolute Gasteiger partial charge is 0.508 e. The van der Waals surface area contributed by atoms with Crippen LogP contribution in [-0.4, -0.2) is 186 Å². The summed E-state index contributed by atoms with van der Waals surface area (Å²) in [5.41, 5.74) is -1.82. The number of allylic oxidation sites excluding steroid dienone is 2. The molecule has 0 amide bonds. The molecule has 77 heavy (non-hydrogen) atoms. The van der Waals surface area contributed by atoms with Crippen molar-refractivity contribution < 1.29 is 104 Å². The standard InChI is InChI=1S/C56H82O21/c1-51(2)20-21-56(50(70)77-49-45(74-36(61)15-10-26-8-11-27(58)12-9-26)43(30(59)25-71-49)75-47-41(66)38(63)37(62)31(24-57)72-47)29(22-51)28-13-14-33-53(5)18-17-35(73-48-42(67)39(64)40(65)44(76-48)46(68)69)52(3,4)32(53)16-19-54(33,6)55(28,7)23-34(56)60/h8-9,11-13,29-35,37-45,47-49,57-60,62-67H,10,14-25H2,1-7H3,(H,68,69)/t29-,30+,31+,32+,33+,34+,35+,37-,38-,39-,40-,41-,42+,43+,44-,45-,47-,48+,49+,53+,54+,55+,56+/m1/s1. The van der Waals surface area contributed by atoms with Crippen LogP contribution in [0.3, 0.4) is 0 Å². The number of hydrogen-bond donors (Lipinski definition) is 11. The van der Waals surface area contributed by atoms with Crippen LogP contribution < -0.4 is 0 Å². The zero-order valence-electron chi connectivity index (χ0n) is 45.1. The summed E-state index contributed by atoms with van der Waals surface area (Å²) in [6.07, 6.45) is -18.4. The van der Waals surface area contributed by atoms with Crippen LogP contribution in [0.2, 0.25) is 0 Å². The van der Waals surface area contributed by atoms with Crippen molar-refractivity contribution in [1.29, 1.82) is 0 Å². The predicted molar refractivity (Wildman–Crippen MR) is 266 cm³/mol. The Balaban J connectivity index is 0.993. The summed E-state index contributed by atoms with van der Waals surface area (Å²) in [6.45, 7) is 14.1. The lowest BCUT2D eigenvalue weighted by molar-refractivity contribution is -0.347. The minimum Gasteiger partial charge on any atom is -0.508 e. The minimum absolute atomic E-state index is 0.0327. The Morgan fingerprint density at radius 1 is 0.701 bits per heavy atom. The molecule has 0 spiro atoms. The Labute approximate surface area is 448 Å². The van der Waals surface area contributed by atoms with Gasteiger partial charge in [0.2, 0.25) is 6.29 Å². The van der Waals surface area contributed by atoms with E-state index < -0.39 is 152 Å². The molecule has 1 aromatic rings. The molecule has 4 saturated carbocycles. The van der Waals surface area contributed by atoms with Crippen molar-refractivity contribution in [3.05, 3.63) is 41.5 Å². The van der Waals surface area contributed by atoms with Crippen LogP contribution in [0.25, 0.3) is 0 Å². The van der Waals surface area contributed by atoms with Crippen molar-refractivity contribution >= 4 is 17.9 Å². The number of aryl methyl sites for hydroxylation is 1. The smallest absolute Gasteiger partial charge is 0.335 e. The molecule has 3 saturated heterocycles. The van der Waals surface area contributed by atoms with Gasteiger partial charge in [0.05, 0.1) is 25.4 Å². The van der Waals surface area contributed by atoms with E-state index in [2.05, 4.69) is 54.5 Å². The van der Waals surface area contributed by atoms with Gasteiger partial charge in [-0.2, -0.15) is 0 Å². The van der Waals surface area contributed by atoms with E-state index in [4.69, 9.17) is 33.2 Å². The van der Waals surface area contributed by atoms with Gasteiger partial charge in [-0.1, -0.05) is 72.2 Å². The van der Waals surface area contributed by atoms with E-state index in [9.17, 15) is 65.8 Å². The van der Waals surface area contributed by atoms with Crippen LogP contribution in [0, 0.1) is 50.2 Å². The first-order chi connectivity index (χ1) is 36.0. The number of phenols is 1. The Kier molecular flexibility index (Phi) is 16.0. The number of esters is 2. The molecule has 0 unspecified atom stereocenters. The van der Waals surface area contributed by atoms with Gasteiger partial charge in [0.15, 0.2) is 24.8 Å². The first-order valence-electron chi connectivity index (χ1n) is 27.5. The van der Waals surface area contributed by atoms with E-state index in [0.717, 1.165) is 18.4 Å². The summed E-state index contributed by atoms with van der Waals surface area (Å²) in [5, 5.41) is 118. The second-order valence-corrected chi connectivity index (χ2v) is 25.8. The van der Waals surface area contributed by atoms with Crippen LogP contribution >= 0.6 is 0 Å². The number of aliphatic hydroxyl groups is 9. The Bertz CT molecular complexity index is 2360. The number of rotatable bonds is 12. The number of aromatic hydroxyl groups is 1. The molecular weight excluding hydrogens is 1010 g/mol. The maximum atomic E-state index is 15.5. The molecule has 11 N–H and O–H groups in total. The van der Waals surface area contributed by atoms with Gasteiger partial charge in [0.1, 0.15) is 66.1 Å². The quantitative estimate of drug-likeness (QED) is 0.0807. The molecule has 21 nitrogen and oxygen atoms in total. The molecule has 1 aromatic carbocycles. The first kappa shape index (κ1) is 58.3. The molecular formula is C56H82O21. The highest BCUT2D eigenvalue weighted by Gasteiger charge is 2.72. The number of hydrogen-bond acceptors (Lipinski definition) is 20. The molecule has 9 rings (SSSR count). The van der Waals surface area contributed by atoms with Gasteiger partial charge in [-0.3, -0.25) is 9.59 Å². The highest BCUT2D eigenvalue weighted by atomic mass is 16.8. The molecule has 21 heteroatoms. The van der Waals surface area contributed by atoms with Crippen molar-refractivity contribution in [1.82, 2.24) is 0 Å². The summed E-state index contributed by atoms with van der Waals surface area (Å²) in [5.74, 6) is -3.40. The monoisotopic (exact) mass is 1090 g/mol. The van der Waals surface area contributed by atoms with Gasteiger partial charge < -0.3 is 89.3 Å². The maximum absolute atomic E-state index is 15.5. The third kappa shape index (κ3) is 9.86. The second-order valence-electron chi connectivity index (χ2n) is 25.8. The zero-order chi connectivity index (χ0) is 56.1. The molecule has 7 fully saturated rings. The Morgan fingerprint density at radius 2 is 1.36 bits per heavy atom. The number of aliphatic hydroxyl groups excluding tert-OH is 9. The maximum Gasteiger partial charge on any atom is 0.335 e. The highest BCUT2D eigenvalue weighted by Crippen LogP contribution is 2.76. The van der Waals surface area contributed by atoms with Gasteiger partial charge in [0.25, 0.3) is 0 Å². The number of phenolic OH excluding ortho intramolecular Hbond substituents is 1. The molecule has 3 heterocycles. The molecule has 5 aliphatic carbocycles.